The minimum absolute atomic E-state index is 0.101. The molecule has 1 heterocycles. The van der Waals surface area contributed by atoms with Gasteiger partial charge in [0, 0.05) is 12.2 Å². The molecule has 0 bridgehead atoms. The second-order valence-electron chi connectivity index (χ2n) is 5.11. The van der Waals surface area contributed by atoms with Gasteiger partial charge in [0.25, 0.3) is 5.91 Å². The Bertz CT molecular complexity index is 560. The number of carbonyl (C=O) groups excluding carboxylic acids is 2. The number of aryl methyl sites for hydroxylation is 1. The molecular weight excluding hydrogens is 261 g/mol. The van der Waals surface area contributed by atoms with Gasteiger partial charge in [-0.25, -0.2) is 4.39 Å². The lowest BCUT2D eigenvalue weighted by atomic mass is 9.99. The van der Waals surface area contributed by atoms with Gasteiger partial charge in [-0.2, -0.15) is 0 Å². The first-order valence-electron chi connectivity index (χ1n) is 6.57. The largest absolute Gasteiger partial charge is 0.399 e. The Labute approximate surface area is 116 Å². The van der Waals surface area contributed by atoms with Gasteiger partial charge in [0.1, 0.15) is 11.9 Å². The predicted octanol–water partition coefficient (Wildman–Crippen LogP) is 1.20. The normalized spacial score (nSPS) is 18.9. The zero-order valence-corrected chi connectivity index (χ0v) is 11.4. The van der Waals surface area contributed by atoms with E-state index in [-0.39, 0.29) is 5.56 Å². The first-order valence-corrected chi connectivity index (χ1v) is 6.57. The molecule has 2 rings (SSSR count). The molecular formula is C14H18FN3O2. The SMILES string of the molecule is Cc1cc(N)cc(C(=O)N2CCCCC2C(N)=O)c1F. The Kier molecular flexibility index (Phi) is 3.92. The topological polar surface area (TPSA) is 89.4 Å². The molecule has 1 aliphatic heterocycles. The number of hydrogen-bond donors (Lipinski definition) is 2. The van der Waals surface area contributed by atoms with Crippen molar-refractivity contribution in [3.63, 3.8) is 0 Å². The lowest BCUT2D eigenvalue weighted by Crippen LogP contribution is -2.50. The van der Waals surface area contributed by atoms with E-state index < -0.39 is 23.7 Å². The van der Waals surface area contributed by atoms with E-state index in [1.807, 2.05) is 0 Å². The number of rotatable bonds is 2. The van der Waals surface area contributed by atoms with Gasteiger partial charge in [-0.3, -0.25) is 9.59 Å². The number of nitrogen functional groups attached to an aromatic ring is 1. The van der Waals surface area contributed by atoms with Crippen LogP contribution in [0, 0.1) is 12.7 Å². The van der Waals surface area contributed by atoms with Gasteiger partial charge in [-0.05, 0) is 43.9 Å². The fourth-order valence-electron chi connectivity index (χ4n) is 2.58. The van der Waals surface area contributed by atoms with Crippen molar-refractivity contribution in [3.05, 3.63) is 29.1 Å². The molecule has 1 atom stereocenters. The van der Waals surface area contributed by atoms with Crippen LogP contribution in [0.2, 0.25) is 0 Å². The first kappa shape index (κ1) is 14.3. The molecule has 5 nitrogen and oxygen atoms in total. The molecule has 0 saturated carbocycles. The molecule has 1 unspecified atom stereocenters. The number of piperidine rings is 1. The average molecular weight is 279 g/mol. The van der Waals surface area contributed by atoms with Crippen LogP contribution in [0.4, 0.5) is 10.1 Å². The Morgan fingerprint density at radius 2 is 2.05 bits per heavy atom. The zero-order valence-electron chi connectivity index (χ0n) is 11.4. The minimum Gasteiger partial charge on any atom is -0.399 e. The Morgan fingerprint density at radius 1 is 1.35 bits per heavy atom. The van der Waals surface area contributed by atoms with Gasteiger partial charge in [-0.15, -0.1) is 0 Å². The van der Waals surface area contributed by atoms with Crippen molar-refractivity contribution in [2.75, 3.05) is 12.3 Å². The summed E-state index contributed by atoms with van der Waals surface area (Å²) in [5, 5.41) is 0. The summed E-state index contributed by atoms with van der Waals surface area (Å²) in [5.41, 5.74) is 11.5. The molecule has 2 amide bonds. The third-order valence-corrected chi connectivity index (χ3v) is 3.60. The van der Waals surface area contributed by atoms with Crippen LogP contribution in [0.15, 0.2) is 12.1 Å². The summed E-state index contributed by atoms with van der Waals surface area (Å²) in [4.78, 5) is 25.2. The lowest BCUT2D eigenvalue weighted by molar-refractivity contribution is -0.123. The number of anilines is 1. The van der Waals surface area contributed by atoms with E-state index in [2.05, 4.69) is 0 Å². The van der Waals surface area contributed by atoms with Crippen molar-refractivity contribution in [1.29, 1.82) is 0 Å². The summed E-state index contributed by atoms with van der Waals surface area (Å²) in [6.45, 7) is 1.95. The Balaban J connectivity index is 2.37. The fourth-order valence-corrected chi connectivity index (χ4v) is 2.58. The first-order chi connectivity index (χ1) is 9.41. The van der Waals surface area contributed by atoms with Crippen molar-refractivity contribution >= 4 is 17.5 Å². The summed E-state index contributed by atoms with van der Waals surface area (Å²) < 4.78 is 14.1. The fraction of sp³-hybridized carbons (Fsp3) is 0.429. The minimum atomic E-state index is -0.669. The van der Waals surface area contributed by atoms with Crippen molar-refractivity contribution in [1.82, 2.24) is 4.90 Å². The molecule has 6 heteroatoms. The van der Waals surface area contributed by atoms with Crippen LogP contribution < -0.4 is 11.5 Å². The number of benzene rings is 1. The van der Waals surface area contributed by atoms with Gasteiger partial charge in [0.2, 0.25) is 5.91 Å². The molecule has 1 aromatic carbocycles. The average Bonchev–Trinajstić information content (AvgIpc) is 2.42. The Morgan fingerprint density at radius 3 is 2.70 bits per heavy atom. The van der Waals surface area contributed by atoms with Crippen LogP contribution in [0.25, 0.3) is 0 Å². The van der Waals surface area contributed by atoms with Crippen LogP contribution in [0.1, 0.15) is 35.2 Å². The third kappa shape index (κ3) is 2.59. The van der Waals surface area contributed by atoms with Crippen molar-refractivity contribution < 1.29 is 14.0 Å². The van der Waals surface area contributed by atoms with Gasteiger partial charge in [0.05, 0.1) is 5.56 Å². The van der Waals surface area contributed by atoms with Gasteiger partial charge < -0.3 is 16.4 Å². The summed E-state index contributed by atoms with van der Waals surface area (Å²) in [6.07, 6.45) is 2.12. The van der Waals surface area contributed by atoms with Crippen molar-refractivity contribution in [2.45, 2.75) is 32.2 Å². The number of carbonyl (C=O) groups is 2. The summed E-state index contributed by atoms with van der Waals surface area (Å²) in [6, 6.07) is 2.10. The number of likely N-dealkylation sites (tertiary alicyclic amines) is 1. The summed E-state index contributed by atoms with van der Waals surface area (Å²) in [5.74, 6) is -1.68. The van der Waals surface area contributed by atoms with Crippen LogP contribution in [0.5, 0.6) is 0 Å². The second kappa shape index (κ2) is 5.48. The van der Waals surface area contributed by atoms with Crippen LogP contribution in [0.3, 0.4) is 0 Å². The number of halogens is 1. The molecule has 20 heavy (non-hydrogen) atoms. The maximum absolute atomic E-state index is 14.1. The van der Waals surface area contributed by atoms with Crippen molar-refractivity contribution in [3.8, 4) is 0 Å². The molecule has 0 aliphatic carbocycles. The molecule has 108 valence electrons. The monoisotopic (exact) mass is 279 g/mol. The molecule has 1 fully saturated rings. The molecule has 1 saturated heterocycles. The van der Waals surface area contributed by atoms with Crippen molar-refractivity contribution in [2.24, 2.45) is 5.73 Å². The highest BCUT2D eigenvalue weighted by Crippen LogP contribution is 2.23. The lowest BCUT2D eigenvalue weighted by Gasteiger charge is -2.33. The van der Waals surface area contributed by atoms with E-state index in [1.165, 1.54) is 17.0 Å². The number of amides is 2. The zero-order chi connectivity index (χ0) is 14.9. The number of hydrogen-bond acceptors (Lipinski definition) is 3. The summed E-state index contributed by atoms with van der Waals surface area (Å²) in [7, 11) is 0. The van der Waals surface area contributed by atoms with E-state index in [0.717, 1.165) is 12.8 Å². The highest BCUT2D eigenvalue weighted by Gasteiger charge is 2.32. The van der Waals surface area contributed by atoms with E-state index in [0.29, 0.717) is 24.2 Å². The highest BCUT2D eigenvalue weighted by molar-refractivity contribution is 5.98. The molecule has 1 aromatic rings. The summed E-state index contributed by atoms with van der Waals surface area (Å²) >= 11 is 0. The van der Waals surface area contributed by atoms with Crippen LogP contribution >= 0.6 is 0 Å². The van der Waals surface area contributed by atoms with Gasteiger partial charge >= 0.3 is 0 Å². The van der Waals surface area contributed by atoms with Gasteiger partial charge in [0.15, 0.2) is 0 Å². The predicted molar refractivity (Wildman–Crippen MR) is 73.4 cm³/mol. The Hall–Kier alpha value is -2.11. The second-order valence-corrected chi connectivity index (χ2v) is 5.11. The quantitative estimate of drug-likeness (QED) is 0.797. The smallest absolute Gasteiger partial charge is 0.257 e. The van der Waals surface area contributed by atoms with E-state index >= 15 is 0 Å². The van der Waals surface area contributed by atoms with Crippen LogP contribution in [-0.4, -0.2) is 29.3 Å². The third-order valence-electron chi connectivity index (χ3n) is 3.60. The standard InChI is InChI=1S/C14H18FN3O2/c1-8-6-9(16)7-10(12(8)15)14(20)18-5-3-2-4-11(18)13(17)19/h6-7,11H,2-5,16H2,1H3,(H2,17,19). The maximum atomic E-state index is 14.1. The molecule has 4 N–H and O–H groups in total. The van der Waals surface area contributed by atoms with E-state index in [9.17, 15) is 14.0 Å². The highest BCUT2D eigenvalue weighted by atomic mass is 19.1. The number of nitrogens with zero attached hydrogens (tertiary/aromatic N) is 1. The maximum Gasteiger partial charge on any atom is 0.257 e. The molecule has 0 spiro atoms. The number of nitrogens with two attached hydrogens (primary N) is 2. The molecule has 0 aromatic heterocycles. The number of primary amides is 1. The molecule has 0 radical (unpaired) electrons. The van der Waals surface area contributed by atoms with E-state index in [1.54, 1.807) is 6.92 Å². The molecule has 1 aliphatic rings. The van der Waals surface area contributed by atoms with Crippen LogP contribution in [-0.2, 0) is 4.79 Å². The van der Waals surface area contributed by atoms with E-state index in [4.69, 9.17) is 11.5 Å². The van der Waals surface area contributed by atoms with Gasteiger partial charge in [-0.1, -0.05) is 0 Å².